The molecule has 18 heavy (non-hydrogen) atoms. The van der Waals surface area contributed by atoms with Crippen molar-refractivity contribution < 1.29 is 19.1 Å². The number of unbranched alkanes of at least 4 members (excludes halogenated alkanes) is 1. The van der Waals surface area contributed by atoms with E-state index in [0.29, 0.717) is 26.1 Å². The molecule has 0 saturated carbocycles. The normalized spacial score (nSPS) is 20.2. The summed E-state index contributed by atoms with van der Waals surface area (Å²) in [6.07, 6.45) is 4.69. The maximum Gasteiger partial charge on any atom is 0.328 e. The van der Waals surface area contributed by atoms with Gasteiger partial charge in [0.15, 0.2) is 0 Å². The van der Waals surface area contributed by atoms with E-state index in [9.17, 15) is 9.59 Å². The predicted octanol–water partition coefficient (Wildman–Crippen LogP) is 1.04. The number of esters is 1. The zero-order chi connectivity index (χ0) is 13.4. The quantitative estimate of drug-likeness (QED) is 0.419. The molecule has 1 amide bonds. The minimum Gasteiger partial charge on any atom is -0.467 e. The third-order valence-corrected chi connectivity index (χ3v) is 3.00. The van der Waals surface area contributed by atoms with Crippen molar-refractivity contribution in [1.82, 2.24) is 5.32 Å². The van der Waals surface area contributed by atoms with Gasteiger partial charge < -0.3 is 14.8 Å². The first-order chi connectivity index (χ1) is 8.69. The van der Waals surface area contributed by atoms with Crippen LogP contribution in [-0.4, -0.2) is 38.2 Å². The van der Waals surface area contributed by atoms with Crippen LogP contribution in [0.5, 0.6) is 0 Å². The third kappa shape index (κ3) is 4.49. The second-order valence-electron chi connectivity index (χ2n) is 4.36. The van der Waals surface area contributed by atoms with Crippen molar-refractivity contribution in [2.45, 2.75) is 31.7 Å². The van der Waals surface area contributed by atoms with E-state index in [1.807, 2.05) is 0 Å². The summed E-state index contributed by atoms with van der Waals surface area (Å²) in [5, 5.41) is 2.74. The van der Waals surface area contributed by atoms with Crippen LogP contribution in [0.15, 0.2) is 12.7 Å². The SMILES string of the molecule is C=CCCC[C@@H](NC(=O)[C@@H]1CCOC1)C(=O)OC. The summed E-state index contributed by atoms with van der Waals surface area (Å²) in [6.45, 7) is 4.67. The fourth-order valence-corrected chi connectivity index (χ4v) is 1.89. The molecule has 0 spiro atoms. The fourth-order valence-electron chi connectivity index (χ4n) is 1.89. The predicted molar refractivity (Wildman–Crippen MR) is 66.9 cm³/mol. The van der Waals surface area contributed by atoms with E-state index in [-0.39, 0.29) is 11.8 Å². The lowest BCUT2D eigenvalue weighted by atomic mass is 10.1. The van der Waals surface area contributed by atoms with E-state index < -0.39 is 12.0 Å². The van der Waals surface area contributed by atoms with Crippen LogP contribution >= 0.6 is 0 Å². The van der Waals surface area contributed by atoms with Crippen molar-refractivity contribution in [2.24, 2.45) is 5.92 Å². The van der Waals surface area contributed by atoms with Crippen LogP contribution in [0.1, 0.15) is 25.7 Å². The highest BCUT2D eigenvalue weighted by atomic mass is 16.5. The van der Waals surface area contributed by atoms with Gasteiger partial charge in [-0.2, -0.15) is 0 Å². The maximum atomic E-state index is 11.9. The number of carbonyl (C=O) groups is 2. The van der Waals surface area contributed by atoms with Crippen molar-refractivity contribution >= 4 is 11.9 Å². The number of allylic oxidation sites excluding steroid dienone is 1. The summed E-state index contributed by atoms with van der Waals surface area (Å²) in [5.41, 5.74) is 0. The first kappa shape index (κ1) is 14.7. The number of rotatable bonds is 7. The molecule has 2 atom stereocenters. The number of carbonyl (C=O) groups excluding carboxylic acids is 2. The molecule has 1 heterocycles. The molecule has 1 N–H and O–H groups in total. The van der Waals surface area contributed by atoms with Gasteiger partial charge in [-0.15, -0.1) is 6.58 Å². The number of ether oxygens (including phenoxy) is 2. The number of nitrogens with one attached hydrogen (secondary N) is 1. The van der Waals surface area contributed by atoms with Crippen LogP contribution in [-0.2, 0) is 19.1 Å². The van der Waals surface area contributed by atoms with Gasteiger partial charge in [-0.05, 0) is 25.7 Å². The Bertz CT molecular complexity index is 297. The van der Waals surface area contributed by atoms with Crippen molar-refractivity contribution in [3.05, 3.63) is 12.7 Å². The van der Waals surface area contributed by atoms with E-state index in [2.05, 4.69) is 11.9 Å². The molecule has 0 radical (unpaired) electrons. The molecule has 0 unspecified atom stereocenters. The summed E-state index contributed by atoms with van der Waals surface area (Å²) in [4.78, 5) is 23.5. The number of amides is 1. The van der Waals surface area contributed by atoms with Crippen molar-refractivity contribution in [1.29, 1.82) is 0 Å². The smallest absolute Gasteiger partial charge is 0.328 e. The van der Waals surface area contributed by atoms with Crippen LogP contribution in [0.25, 0.3) is 0 Å². The number of hydrogen-bond acceptors (Lipinski definition) is 4. The second kappa shape index (κ2) is 7.87. The van der Waals surface area contributed by atoms with Crippen molar-refractivity contribution in [3.63, 3.8) is 0 Å². The molecule has 1 saturated heterocycles. The topological polar surface area (TPSA) is 64.6 Å². The zero-order valence-corrected chi connectivity index (χ0v) is 10.8. The Balaban J connectivity index is 2.45. The second-order valence-corrected chi connectivity index (χ2v) is 4.36. The molecule has 5 nitrogen and oxygen atoms in total. The van der Waals surface area contributed by atoms with Crippen LogP contribution in [0.2, 0.25) is 0 Å². The van der Waals surface area contributed by atoms with Gasteiger partial charge in [-0.1, -0.05) is 6.08 Å². The molecule has 0 bridgehead atoms. The molecular weight excluding hydrogens is 234 g/mol. The van der Waals surface area contributed by atoms with Crippen LogP contribution < -0.4 is 5.32 Å². The van der Waals surface area contributed by atoms with Gasteiger partial charge in [0, 0.05) is 6.61 Å². The highest BCUT2D eigenvalue weighted by molar-refractivity contribution is 5.85. The lowest BCUT2D eigenvalue weighted by Gasteiger charge is -2.18. The summed E-state index contributed by atoms with van der Waals surface area (Å²) in [6, 6.07) is -0.567. The summed E-state index contributed by atoms with van der Waals surface area (Å²) >= 11 is 0. The van der Waals surface area contributed by atoms with Crippen molar-refractivity contribution in [2.75, 3.05) is 20.3 Å². The first-order valence-electron chi connectivity index (χ1n) is 6.26. The van der Waals surface area contributed by atoms with Gasteiger partial charge in [0.2, 0.25) is 5.91 Å². The largest absolute Gasteiger partial charge is 0.467 e. The summed E-state index contributed by atoms with van der Waals surface area (Å²) in [5.74, 6) is -0.663. The van der Waals surface area contributed by atoms with Gasteiger partial charge in [0.05, 0.1) is 19.6 Å². The fraction of sp³-hybridized carbons (Fsp3) is 0.692. The minimum absolute atomic E-state index is 0.124. The van der Waals surface area contributed by atoms with Crippen LogP contribution in [0.4, 0.5) is 0 Å². The monoisotopic (exact) mass is 255 g/mol. The summed E-state index contributed by atoms with van der Waals surface area (Å²) in [7, 11) is 1.33. The zero-order valence-electron chi connectivity index (χ0n) is 10.8. The first-order valence-corrected chi connectivity index (χ1v) is 6.26. The van der Waals surface area contributed by atoms with Gasteiger partial charge in [0.25, 0.3) is 0 Å². The van der Waals surface area contributed by atoms with Crippen LogP contribution in [0, 0.1) is 5.92 Å². The molecule has 5 heteroatoms. The Hall–Kier alpha value is -1.36. The van der Waals surface area contributed by atoms with E-state index in [1.165, 1.54) is 7.11 Å². The average Bonchev–Trinajstić information content (AvgIpc) is 2.90. The van der Waals surface area contributed by atoms with Gasteiger partial charge in [0.1, 0.15) is 6.04 Å². The molecule has 1 rings (SSSR count). The molecule has 0 aromatic heterocycles. The van der Waals surface area contributed by atoms with E-state index >= 15 is 0 Å². The van der Waals surface area contributed by atoms with Gasteiger partial charge in [-0.25, -0.2) is 4.79 Å². The van der Waals surface area contributed by atoms with E-state index in [4.69, 9.17) is 9.47 Å². The molecule has 0 aliphatic carbocycles. The third-order valence-electron chi connectivity index (χ3n) is 3.00. The lowest BCUT2D eigenvalue weighted by molar-refractivity contribution is -0.145. The molecule has 102 valence electrons. The Morgan fingerprint density at radius 3 is 2.94 bits per heavy atom. The standard InChI is InChI=1S/C13H21NO4/c1-3-4-5-6-11(13(16)17-2)14-12(15)10-7-8-18-9-10/h3,10-11H,1,4-9H2,2H3,(H,14,15)/t10-,11-/m1/s1. The van der Waals surface area contributed by atoms with E-state index in [1.54, 1.807) is 6.08 Å². The van der Waals surface area contributed by atoms with Gasteiger partial charge >= 0.3 is 5.97 Å². The number of hydrogen-bond donors (Lipinski definition) is 1. The Morgan fingerprint density at radius 2 is 2.39 bits per heavy atom. The Morgan fingerprint density at radius 1 is 1.61 bits per heavy atom. The van der Waals surface area contributed by atoms with Crippen LogP contribution in [0.3, 0.4) is 0 Å². The highest BCUT2D eigenvalue weighted by Gasteiger charge is 2.28. The Kier molecular flexibility index (Phi) is 6.43. The number of methoxy groups -OCH3 is 1. The summed E-state index contributed by atoms with van der Waals surface area (Å²) < 4.78 is 9.85. The maximum absolute atomic E-state index is 11.9. The molecular formula is C13H21NO4. The molecule has 1 aliphatic heterocycles. The minimum atomic E-state index is -0.567. The molecule has 0 aromatic rings. The molecule has 1 fully saturated rings. The average molecular weight is 255 g/mol. The highest BCUT2D eigenvalue weighted by Crippen LogP contribution is 2.13. The lowest BCUT2D eigenvalue weighted by Crippen LogP contribution is -2.44. The van der Waals surface area contributed by atoms with Crippen molar-refractivity contribution in [3.8, 4) is 0 Å². The molecule has 0 aromatic carbocycles. The van der Waals surface area contributed by atoms with E-state index in [0.717, 1.165) is 12.8 Å². The molecule has 1 aliphatic rings. The Labute approximate surface area is 108 Å². The van der Waals surface area contributed by atoms with Gasteiger partial charge in [-0.3, -0.25) is 4.79 Å².